The monoisotopic (exact) mass is 405 g/mol. The fourth-order valence-electron chi connectivity index (χ4n) is 3.09. The molecule has 1 aromatic carbocycles. The predicted molar refractivity (Wildman–Crippen MR) is 119 cm³/mol. The minimum atomic E-state index is -0.202. The molecule has 148 valence electrons. The van der Waals surface area contributed by atoms with Crippen molar-refractivity contribution < 1.29 is 4.79 Å². The number of rotatable bonds is 6. The molecule has 6 nitrogen and oxygen atoms in total. The van der Waals surface area contributed by atoms with E-state index in [2.05, 4.69) is 52.6 Å². The van der Waals surface area contributed by atoms with Crippen molar-refractivity contribution in [3.8, 4) is 21.6 Å². The SMILES string of the molecule is CC[C@@H](C)Nc1ncc(-c2cc(-c3ccccc3)c3nc(C(=O)NC)cn3c2)s1. The summed E-state index contributed by atoms with van der Waals surface area (Å²) in [6.45, 7) is 4.29. The van der Waals surface area contributed by atoms with E-state index in [9.17, 15) is 4.79 Å². The first-order valence-corrected chi connectivity index (χ1v) is 10.4. The standard InChI is InChI=1S/C22H23N5OS/c1-4-14(2)25-22-24-11-19(29-22)16-10-17(15-8-6-5-7-9-15)20-26-18(21(28)23-3)13-27(20)12-16/h5-14H,4H2,1-3H3,(H,23,28)(H,24,25)/t14-/m1/s1. The fraction of sp³-hybridized carbons (Fsp3) is 0.227. The van der Waals surface area contributed by atoms with Crippen LogP contribution in [-0.4, -0.2) is 33.4 Å². The van der Waals surface area contributed by atoms with Gasteiger partial charge in [-0.15, -0.1) is 0 Å². The Morgan fingerprint density at radius 2 is 2.00 bits per heavy atom. The van der Waals surface area contributed by atoms with Crippen LogP contribution in [0.4, 0.5) is 5.13 Å². The summed E-state index contributed by atoms with van der Waals surface area (Å²) in [7, 11) is 1.61. The second-order valence-corrected chi connectivity index (χ2v) is 7.96. The second kappa shape index (κ2) is 8.05. The van der Waals surface area contributed by atoms with E-state index in [1.165, 1.54) is 0 Å². The Bertz CT molecular complexity index is 1150. The number of hydrogen-bond acceptors (Lipinski definition) is 5. The van der Waals surface area contributed by atoms with Gasteiger partial charge >= 0.3 is 0 Å². The van der Waals surface area contributed by atoms with Gasteiger partial charge in [-0.05, 0) is 25.0 Å². The molecule has 0 bridgehead atoms. The zero-order valence-corrected chi connectivity index (χ0v) is 17.5. The Labute approximate surface area is 173 Å². The van der Waals surface area contributed by atoms with E-state index in [0.29, 0.717) is 11.7 Å². The lowest BCUT2D eigenvalue weighted by molar-refractivity contribution is 0.0959. The number of aromatic nitrogens is 3. The molecule has 2 N–H and O–H groups in total. The van der Waals surface area contributed by atoms with E-state index < -0.39 is 0 Å². The summed E-state index contributed by atoms with van der Waals surface area (Å²) in [5.41, 5.74) is 4.21. The maximum Gasteiger partial charge on any atom is 0.271 e. The molecule has 0 radical (unpaired) electrons. The molecule has 7 heteroatoms. The average molecular weight is 406 g/mol. The van der Waals surface area contributed by atoms with Crippen molar-refractivity contribution in [1.29, 1.82) is 0 Å². The number of carbonyl (C=O) groups excluding carboxylic acids is 1. The van der Waals surface area contributed by atoms with Crippen LogP contribution in [0.15, 0.2) is 55.0 Å². The zero-order valence-electron chi connectivity index (χ0n) is 16.6. The van der Waals surface area contributed by atoms with E-state index in [4.69, 9.17) is 0 Å². The van der Waals surface area contributed by atoms with Gasteiger partial charge in [0.2, 0.25) is 0 Å². The summed E-state index contributed by atoms with van der Waals surface area (Å²) in [6.07, 6.45) is 6.70. The van der Waals surface area contributed by atoms with Crippen LogP contribution in [0.2, 0.25) is 0 Å². The van der Waals surface area contributed by atoms with Gasteiger partial charge in [0, 0.05) is 42.8 Å². The molecule has 1 atom stereocenters. The van der Waals surface area contributed by atoms with Gasteiger partial charge in [0.1, 0.15) is 11.3 Å². The van der Waals surface area contributed by atoms with E-state index in [0.717, 1.165) is 38.8 Å². The van der Waals surface area contributed by atoms with Crippen LogP contribution in [0.1, 0.15) is 30.8 Å². The van der Waals surface area contributed by atoms with E-state index in [-0.39, 0.29) is 5.91 Å². The molecule has 1 amide bonds. The van der Waals surface area contributed by atoms with Crippen LogP contribution in [0.5, 0.6) is 0 Å². The molecular weight excluding hydrogens is 382 g/mol. The molecule has 0 fully saturated rings. The predicted octanol–water partition coefficient (Wildman–Crippen LogP) is 4.69. The Balaban J connectivity index is 1.84. The first kappa shape index (κ1) is 19.1. The zero-order chi connectivity index (χ0) is 20.4. The summed E-state index contributed by atoms with van der Waals surface area (Å²) in [5, 5.41) is 6.98. The van der Waals surface area contributed by atoms with Crippen molar-refractivity contribution in [2.45, 2.75) is 26.3 Å². The van der Waals surface area contributed by atoms with Gasteiger partial charge in [-0.2, -0.15) is 0 Å². The number of amides is 1. The van der Waals surface area contributed by atoms with E-state index in [1.54, 1.807) is 24.6 Å². The molecule has 4 aromatic rings. The van der Waals surface area contributed by atoms with Gasteiger partial charge in [-0.3, -0.25) is 4.79 Å². The number of imidazole rings is 1. The number of anilines is 1. The summed E-state index contributed by atoms with van der Waals surface area (Å²) < 4.78 is 1.92. The Morgan fingerprint density at radius 3 is 2.72 bits per heavy atom. The highest BCUT2D eigenvalue weighted by atomic mass is 32.1. The largest absolute Gasteiger partial charge is 0.359 e. The topological polar surface area (TPSA) is 71.3 Å². The minimum Gasteiger partial charge on any atom is -0.359 e. The summed E-state index contributed by atoms with van der Waals surface area (Å²) >= 11 is 1.62. The Hall–Kier alpha value is -3.19. The lowest BCUT2D eigenvalue weighted by Crippen LogP contribution is -2.17. The third-order valence-corrected chi connectivity index (χ3v) is 5.85. The molecule has 0 aliphatic carbocycles. The first-order valence-electron chi connectivity index (χ1n) is 9.62. The van der Waals surface area contributed by atoms with Crippen LogP contribution in [0, 0.1) is 0 Å². The maximum absolute atomic E-state index is 12.1. The van der Waals surface area contributed by atoms with Gasteiger partial charge in [0.05, 0.1) is 4.88 Å². The van der Waals surface area contributed by atoms with Crippen LogP contribution in [-0.2, 0) is 0 Å². The minimum absolute atomic E-state index is 0.202. The van der Waals surface area contributed by atoms with Gasteiger partial charge in [-0.25, -0.2) is 9.97 Å². The van der Waals surface area contributed by atoms with Crippen molar-refractivity contribution in [3.05, 3.63) is 60.7 Å². The fourth-order valence-corrected chi connectivity index (χ4v) is 4.00. The van der Waals surface area contributed by atoms with Gasteiger partial charge < -0.3 is 15.0 Å². The van der Waals surface area contributed by atoms with Crippen molar-refractivity contribution in [2.75, 3.05) is 12.4 Å². The second-order valence-electron chi connectivity index (χ2n) is 6.93. The van der Waals surface area contributed by atoms with Crippen molar-refractivity contribution in [1.82, 2.24) is 19.7 Å². The number of fused-ring (bicyclic) bond motifs is 1. The summed E-state index contributed by atoms with van der Waals surface area (Å²) in [6, 6.07) is 12.6. The molecule has 0 unspecified atom stereocenters. The molecule has 0 aliphatic rings. The number of nitrogens with zero attached hydrogens (tertiary/aromatic N) is 3. The van der Waals surface area contributed by atoms with Crippen LogP contribution < -0.4 is 10.6 Å². The highest BCUT2D eigenvalue weighted by Crippen LogP contribution is 2.34. The first-order chi connectivity index (χ1) is 14.1. The number of hydrogen-bond donors (Lipinski definition) is 2. The molecule has 0 saturated carbocycles. The Morgan fingerprint density at radius 1 is 1.21 bits per heavy atom. The number of benzene rings is 1. The molecule has 0 spiro atoms. The molecule has 0 saturated heterocycles. The van der Waals surface area contributed by atoms with E-state index >= 15 is 0 Å². The maximum atomic E-state index is 12.1. The van der Waals surface area contributed by atoms with Crippen LogP contribution in [0.25, 0.3) is 27.2 Å². The molecule has 3 heterocycles. The number of nitrogens with one attached hydrogen (secondary N) is 2. The lowest BCUT2D eigenvalue weighted by Gasteiger charge is -2.09. The van der Waals surface area contributed by atoms with Crippen molar-refractivity contribution in [3.63, 3.8) is 0 Å². The lowest BCUT2D eigenvalue weighted by atomic mass is 10.0. The summed E-state index contributed by atoms with van der Waals surface area (Å²) in [4.78, 5) is 22.3. The van der Waals surface area contributed by atoms with Crippen molar-refractivity contribution in [2.24, 2.45) is 0 Å². The molecule has 4 rings (SSSR count). The summed E-state index contributed by atoms with van der Waals surface area (Å²) in [5.74, 6) is -0.202. The third kappa shape index (κ3) is 3.86. The van der Waals surface area contributed by atoms with Gasteiger partial charge in [0.15, 0.2) is 5.13 Å². The van der Waals surface area contributed by atoms with Crippen LogP contribution >= 0.6 is 11.3 Å². The number of pyridine rings is 1. The van der Waals surface area contributed by atoms with Crippen molar-refractivity contribution >= 4 is 28.0 Å². The molecule has 3 aromatic heterocycles. The molecule has 29 heavy (non-hydrogen) atoms. The number of carbonyl (C=O) groups is 1. The van der Waals surface area contributed by atoms with Gasteiger partial charge in [-0.1, -0.05) is 48.6 Å². The average Bonchev–Trinajstić information content (AvgIpc) is 3.40. The normalized spacial score (nSPS) is 12.1. The Kier molecular flexibility index (Phi) is 5.31. The highest BCUT2D eigenvalue weighted by Gasteiger charge is 2.16. The molecule has 0 aliphatic heterocycles. The quantitative estimate of drug-likeness (QED) is 0.488. The number of thiazole rings is 1. The van der Waals surface area contributed by atoms with Gasteiger partial charge in [0.25, 0.3) is 5.91 Å². The molecular formula is C22H23N5OS. The van der Waals surface area contributed by atoms with E-state index in [1.807, 2.05) is 35.0 Å². The highest BCUT2D eigenvalue weighted by molar-refractivity contribution is 7.18. The third-order valence-electron chi connectivity index (χ3n) is 4.87. The smallest absolute Gasteiger partial charge is 0.271 e. The van der Waals surface area contributed by atoms with Crippen LogP contribution in [0.3, 0.4) is 0 Å².